The van der Waals surface area contributed by atoms with Crippen LogP contribution >= 0.6 is 11.6 Å². The van der Waals surface area contributed by atoms with Gasteiger partial charge in [-0.2, -0.15) is 23.0 Å². The van der Waals surface area contributed by atoms with Crippen molar-refractivity contribution in [1.29, 1.82) is 0 Å². The molecule has 0 saturated carbocycles. The van der Waals surface area contributed by atoms with Crippen molar-refractivity contribution >= 4 is 23.3 Å². The van der Waals surface area contributed by atoms with E-state index in [9.17, 15) is 18.0 Å². The van der Waals surface area contributed by atoms with Crippen LogP contribution in [0.1, 0.15) is 24.4 Å². The number of amides is 2. The Hall–Kier alpha value is -3.21. The van der Waals surface area contributed by atoms with Gasteiger partial charge in [0.15, 0.2) is 5.82 Å². The Balaban J connectivity index is 1.74. The quantitative estimate of drug-likeness (QED) is 0.683. The average Bonchev–Trinajstić information content (AvgIpc) is 3.13. The first-order valence-corrected chi connectivity index (χ1v) is 8.25. The Kier molecular flexibility index (Phi) is 5.45. The van der Waals surface area contributed by atoms with E-state index >= 15 is 0 Å². The van der Waals surface area contributed by atoms with Crippen LogP contribution in [-0.2, 0) is 6.18 Å². The van der Waals surface area contributed by atoms with Gasteiger partial charge in [0.05, 0.1) is 22.3 Å². The Morgan fingerprint density at radius 1 is 1.21 bits per heavy atom. The number of hydrogen-bond donors (Lipinski definition) is 2. The van der Waals surface area contributed by atoms with Crippen molar-refractivity contribution < 1.29 is 18.0 Å². The number of halogens is 4. The highest BCUT2D eigenvalue weighted by Crippen LogP contribution is 2.33. The van der Waals surface area contributed by atoms with Crippen LogP contribution in [0.2, 0.25) is 5.02 Å². The van der Waals surface area contributed by atoms with Crippen molar-refractivity contribution in [3.63, 3.8) is 0 Å². The number of urea groups is 1. The molecule has 0 unspecified atom stereocenters. The number of aromatic nitrogens is 5. The summed E-state index contributed by atoms with van der Waals surface area (Å²) in [5, 5.41) is 8.85. The van der Waals surface area contributed by atoms with Gasteiger partial charge in [-0.25, -0.2) is 19.7 Å². The predicted octanol–water partition coefficient (Wildman–Crippen LogP) is 3.61. The smallest absolute Gasteiger partial charge is 0.328 e. The lowest BCUT2D eigenvalue weighted by molar-refractivity contribution is -0.137. The molecular formula is C16H13ClF3N7O. The third-order valence-electron chi connectivity index (χ3n) is 3.59. The molecule has 0 fully saturated rings. The minimum atomic E-state index is -4.56. The van der Waals surface area contributed by atoms with Crippen LogP contribution < -0.4 is 10.6 Å². The lowest BCUT2D eigenvalue weighted by atomic mass is 10.2. The first kappa shape index (κ1) is 19.5. The minimum Gasteiger partial charge on any atom is -0.328 e. The molecule has 12 heteroatoms. The summed E-state index contributed by atoms with van der Waals surface area (Å²) in [6, 6.07) is 2.86. The maximum absolute atomic E-state index is 12.8. The van der Waals surface area contributed by atoms with Crippen molar-refractivity contribution in [3.8, 4) is 5.95 Å². The lowest BCUT2D eigenvalue weighted by Gasteiger charge is -2.16. The second kappa shape index (κ2) is 7.80. The van der Waals surface area contributed by atoms with E-state index in [-0.39, 0.29) is 16.7 Å². The molecule has 8 nitrogen and oxygen atoms in total. The highest BCUT2D eigenvalue weighted by molar-refractivity contribution is 6.33. The standard InChI is InChI=1S/C16H13ClF3N7O/c1-9(13-23-8-24-27(13)14-21-5-2-6-22-14)25-15(28)26-12-7-10(16(18,19)20)3-4-11(12)17/h2-9H,1H3,(H2,25,26,28)/t9-/m0/s1. The van der Waals surface area contributed by atoms with Crippen LogP contribution in [0.4, 0.5) is 23.7 Å². The fraction of sp³-hybridized carbons (Fsp3) is 0.188. The van der Waals surface area contributed by atoms with E-state index in [2.05, 4.69) is 30.7 Å². The molecule has 3 aromatic rings. The lowest BCUT2D eigenvalue weighted by Crippen LogP contribution is -2.33. The van der Waals surface area contributed by atoms with Crippen LogP contribution in [0, 0.1) is 0 Å². The summed E-state index contributed by atoms with van der Waals surface area (Å²) in [6.45, 7) is 1.62. The fourth-order valence-corrected chi connectivity index (χ4v) is 2.48. The van der Waals surface area contributed by atoms with Gasteiger partial charge < -0.3 is 10.6 Å². The largest absolute Gasteiger partial charge is 0.416 e. The first-order chi connectivity index (χ1) is 13.3. The second-order valence-electron chi connectivity index (χ2n) is 5.59. The van der Waals surface area contributed by atoms with E-state index in [0.717, 1.165) is 18.2 Å². The van der Waals surface area contributed by atoms with Crippen LogP contribution in [0.5, 0.6) is 0 Å². The zero-order chi connectivity index (χ0) is 20.3. The van der Waals surface area contributed by atoms with Crippen LogP contribution in [0.3, 0.4) is 0 Å². The highest BCUT2D eigenvalue weighted by atomic mass is 35.5. The topological polar surface area (TPSA) is 97.6 Å². The second-order valence-corrected chi connectivity index (χ2v) is 6.00. The number of rotatable bonds is 4. The number of nitrogens with zero attached hydrogens (tertiary/aromatic N) is 5. The number of benzene rings is 1. The molecule has 2 amide bonds. The number of hydrogen-bond acceptors (Lipinski definition) is 5. The monoisotopic (exact) mass is 411 g/mol. The average molecular weight is 412 g/mol. The Bertz CT molecular complexity index is 978. The van der Waals surface area contributed by atoms with E-state index in [1.807, 2.05) is 0 Å². The van der Waals surface area contributed by atoms with Gasteiger partial charge in [0, 0.05) is 12.4 Å². The van der Waals surface area contributed by atoms with E-state index in [4.69, 9.17) is 11.6 Å². The molecule has 1 atom stereocenters. The van der Waals surface area contributed by atoms with E-state index in [1.165, 1.54) is 23.4 Å². The van der Waals surface area contributed by atoms with E-state index in [1.54, 1.807) is 13.0 Å². The van der Waals surface area contributed by atoms with Gasteiger partial charge in [-0.1, -0.05) is 11.6 Å². The van der Waals surface area contributed by atoms with Crippen molar-refractivity contribution in [1.82, 2.24) is 30.0 Å². The number of nitrogens with one attached hydrogen (secondary N) is 2. The molecular weight excluding hydrogens is 399 g/mol. The highest BCUT2D eigenvalue weighted by Gasteiger charge is 2.31. The number of carbonyl (C=O) groups excluding carboxylic acids is 1. The van der Waals surface area contributed by atoms with Gasteiger partial charge in [0.25, 0.3) is 5.95 Å². The molecule has 0 bridgehead atoms. The zero-order valence-corrected chi connectivity index (χ0v) is 15.0. The van der Waals surface area contributed by atoms with E-state index < -0.39 is 23.8 Å². The fourth-order valence-electron chi connectivity index (χ4n) is 2.32. The molecule has 146 valence electrons. The van der Waals surface area contributed by atoms with Gasteiger partial charge >= 0.3 is 12.2 Å². The molecule has 0 saturated heterocycles. The summed E-state index contributed by atoms with van der Waals surface area (Å²) in [4.78, 5) is 24.4. The summed E-state index contributed by atoms with van der Waals surface area (Å²) >= 11 is 5.88. The molecule has 3 rings (SSSR count). The third-order valence-corrected chi connectivity index (χ3v) is 3.92. The Labute approximate surface area is 161 Å². The third kappa shape index (κ3) is 4.36. The van der Waals surface area contributed by atoms with E-state index in [0.29, 0.717) is 5.82 Å². The summed E-state index contributed by atoms with van der Waals surface area (Å²) < 4.78 is 39.8. The van der Waals surface area contributed by atoms with Crippen LogP contribution in [-0.4, -0.2) is 30.8 Å². The van der Waals surface area contributed by atoms with Gasteiger partial charge in [0.2, 0.25) is 0 Å². The predicted molar refractivity (Wildman–Crippen MR) is 94.0 cm³/mol. The van der Waals surface area contributed by atoms with Crippen molar-refractivity contribution in [3.05, 3.63) is 59.4 Å². The summed E-state index contributed by atoms with van der Waals surface area (Å²) in [7, 11) is 0. The molecule has 2 heterocycles. The molecule has 0 aliphatic rings. The zero-order valence-electron chi connectivity index (χ0n) is 14.3. The summed E-state index contributed by atoms with van der Waals surface area (Å²) in [5.74, 6) is 0.585. The summed E-state index contributed by atoms with van der Waals surface area (Å²) in [6.07, 6.45) is -0.245. The molecule has 1 aromatic carbocycles. The normalized spacial score (nSPS) is 12.5. The molecule has 0 spiro atoms. The Morgan fingerprint density at radius 2 is 1.93 bits per heavy atom. The molecule has 0 aliphatic carbocycles. The molecule has 0 aliphatic heterocycles. The van der Waals surface area contributed by atoms with Crippen molar-refractivity contribution in [2.75, 3.05) is 5.32 Å². The number of alkyl halides is 3. The van der Waals surface area contributed by atoms with Gasteiger partial charge in [-0.3, -0.25) is 0 Å². The van der Waals surface area contributed by atoms with Crippen molar-refractivity contribution in [2.45, 2.75) is 19.1 Å². The van der Waals surface area contributed by atoms with Gasteiger partial charge in [-0.05, 0) is 31.2 Å². The maximum atomic E-state index is 12.8. The summed E-state index contributed by atoms with van der Waals surface area (Å²) in [5.41, 5.74) is -1.10. The minimum absolute atomic E-state index is 0.0309. The van der Waals surface area contributed by atoms with Gasteiger partial charge in [-0.15, -0.1) is 0 Å². The van der Waals surface area contributed by atoms with Gasteiger partial charge in [0.1, 0.15) is 6.33 Å². The first-order valence-electron chi connectivity index (χ1n) is 7.87. The SMILES string of the molecule is C[C@H](NC(=O)Nc1cc(C(F)(F)F)ccc1Cl)c1ncnn1-c1ncccn1. The number of carbonyl (C=O) groups is 1. The molecule has 0 radical (unpaired) electrons. The molecule has 2 N–H and O–H groups in total. The molecule has 2 aromatic heterocycles. The van der Waals surface area contributed by atoms with Crippen molar-refractivity contribution in [2.24, 2.45) is 0 Å². The maximum Gasteiger partial charge on any atom is 0.416 e. The Morgan fingerprint density at radius 3 is 2.61 bits per heavy atom. The number of anilines is 1. The molecule has 28 heavy (non-hydrogen) atoms. The van der Waals surface area contributed by atoms with Crippen LogP contribution in [0.15, 0.2) is 43.0 Å². The van der Waals surface area contributed by atoms with Crippen LogP contribution in [0.25, 0.3) is 5.95 Å².